The van der Waals surface area contributed by atoms with Gasteiger partial charge in [-0.25, -0.2) is 14.6 Å². The van der Waals surface area contributed by atoms with Gasteiger partial charge in [0.05, 0.1) is 18.8 Å². The lowest BCUT2D eigenvalue weighted by atomic mass is 10.1. The van der Waals surface area contributed by atoms with Gasteiger partial charge in [-0.05, 0) is 25.5 Å². The summed E-state index contributed by atoms with van der Waals surface area (Å²) in [5, 5.41) is 11.3. The van der Waals surface area contributed by atoms with Crippen LogP contribution in [0.1, 0.15) is 23.8 Å². The average molecular weight is 342 g/mol. The van der Waals surface area contributed by atoms with Gasteiger partial charge < -0.3 is 15.5 Å². The first kappa shape index (κ1) is 17.2. The van der Waals surface area contributed by atoms with Gasteiger partial charge >= 0.3 is 0 Å². The maximum Gasteiger partial charge on any atom is 0.191 e. The van der Waals surface area contributed by atoms with Crippen molar-refractivity contribution in [1.29, 1.82) is 0 Å². The molecule has 1 unspecified atom stereocenters. The zero-order valence-corrected chi connectivity index (χ0v) is 15.3. The summed E-state index contributed by atoms with van der Waals surface area (Å²) in [5.41, 5.74) is 0.979. The van der Waals surface area contributed by atoms with Crippen LogP contribution >= 0.6 is 0 Å². The van der Waals surface area contributed by atoms with Crippen molar-refractivity contribution in [2.24, 2.45) is 4.99 Å². The van der Waals surface area contributed by atoms with Crippen molar-refractivity contribution in [3.63, 3.8) is 0 Å². The van der Waals surface area contributed by atoms with Crippen LogP contribution < -0.4 is 15.5 Å². The third-order valence-electron chi connectivity index (χ3n) is 4.22. The maximum absolute atomic E-state index is 4.62. The van der Waals surface area contributed by atoms with E-state index in [1.165, 1.54) is 0 Å². The lowest BCUT2D eigenvalue weighted by molar-refractivity contribution is 0.392. The Morgan fingerprint density at radius 1 is 1.36 bits per heavy atom. The summed E-state index contributed by atoms with van der Waals surface area (Å²) in [7, 11) is 5.76. The zero-order chi connectivity index (χ0) is 17.8. The zero-order valence-electron chi connectivity index (χ0n) is 15.3. The second-order valence-corrected chi connectivity index (χ2v) is 6.44. The number of rotatable bonds is 4. The molecule has 2 N–H and O–H groups in total. The molecule has 2 aromatic rings. The maximum atomic E-state index is 4.62. The van der Waals surface area contributed by atoms with E-state index in [-0.39, 0.29) is 0 Å². The molecule has 8 nitrogen and oxygen atoms in total. The third kappa shape index (κ3) is 4.26. The molecule has 0 amide bonds. The highest BCUT2D eigenvalue weighted by molar-refractivity contribution is 5.79. The van der Waals surface area contributed by atoms with Crippen molar-refractivity contribution < 1.29 is 0 Å². The standard InChI is InChI=1S/C17H26N8/c1-12-20-16-9-8-14(11-25(16)23-12)22-17(18-2)19-10-13-6-5-7-15(21-13)24(3)4/h5-7,14H,8-11H2,1-4H3,(H2,18,19,22). The minimum atomic E-state index is 0.292. The van der Waals surface area contributed by atoms with Crippen LogP contribution in [0.25, 0.3) is 0 Å². The molecule has 0 bridgehead atoms. The largest absolute Gasteiger partial charge is 0.363 e. The molecule has 0 aromatic carbocycles. The second kappa shape index (κ2) is 7.50. The van der Waals surface area contributed by atoms with Crippen molar-refractivity contribution in [2.75, 3.05) is 26.0 Å². The summed E-state index contributed by atoms with van der Waals surface area (Å²) in [6, 6.07) is 6.32. The van der Waals surface area contributed by atoms with Crippen LogP contribution in [0, 0.1) is 6.92 Å². The minimum absolute atomic E-state index is 0.292. The molecule has 3 rings (SSSR count). The van der Waals surface area contributed by atoms with E-state index in [0.29, 0.717) is 12.6 Å². The van der Waals surface area contributed by atoms with E-state index in [0.717, 1.165) is 48.5 Å². The van der Waals surface area contributed by atoms with Crippen LogP contribution in [0.15, 0.2) is 23.2 Å². The summed E-state index contributed by atoms with van der Waals surface area (Å²) in [4.78, 5) is 15.4. The van der Waals surface area contributed by atoms with Gasteiger partial charge in [-0.2, -0.15) is 5.10 Å². The van der Waals surface area contributed by atoms with Gasteiger partial charge in [0.1, 0.15) is 17.5 Å². The van der Waals surface area contributed by atoms with Crippen molar-refractivity contribution in [3.8, 4) is 0 Å². The van der Waals surface area contributed by atoms with Crippen LogP contribution in [0.2, 0.25) is 0 Å². The van der Waals surface area contributed by atoms with E-state index in [1.807, 2.05) is 48.8 Å². The molecule has 1 aliphatic heterocycles. The quantitative estimate of drug-likeness (QED) is 0.629. The molecular weight excluding hydrogens is 316 g/mol. The van der Waals surface area contributed by atoms with E-state index in [2.05, 4.69) is 30.7 Å². The lowest BCUT2D eigenvalue weighted by Crippen LogP contribution is -2.46. The van der Waals surface area contributed by atoms with E-state index in [1.54, 1.807) is 7.05 Å². The van der Waals surface area contributed by atoms with Crippen molar-refractivity contribution >= 4 is 11.8 Å². The minimum Gasteiger partial charge on any atom is -0.363 e. The van der Waals surface area contributed by atoms with Crippen LogP contribution in [-0.4, -0.2) is 52.9 Å². The fraction of sp³-hybridized carbons (Fsp3) is 0.529. The lowest BCUT2D eigenvalue weighted by Gasteiger charge is -2.25. The fourth-order valence-corrected chi connectivity index (χ4v) is 2.93. The number of nitrogens with zero attached hydrogens (tertiary/aromatic N) is 6. The molecule has 3 heterocycles. The van der Waals surface area contributed by atoms with Crippen molar-refractivity contribution in [3.05, 3.63) is 35.5 Å². The van der Waals surface area contributed by atoms with Crippen LogP contribution in [0.3, 0.4) is 0 Å². The van der Waals surface area contributed by atoms with Crippen molar-refractivity contribution in [2.45, 2.75) is 38.9 Å². The van der Waals surface area contributed by atoms with Gasteiger partial charge in [0.25, 0.3) is 0 Å². The molecule has 25 heavy (non-hydrogen) atoms. The topological polar surface area (TPSA) is 83.3 Å². The Morgan fingerprint density at radius 2 is 2.20 bits per heavy atom. The van der Waals surface area contributed by atoms with Crippen LogP contribution in [0.5, 0.6) is 0 Å². The first-order chi connectivity index (χ1) is 12.0. The fourth-order valence-electron chi connectivity index (χ4n) is 2.93. The number of hydrogen-bond donors (Lipinski definition) is 2. The SMILES string of the molecule is CN=C(NCc1cccc(N(C)C)n1)NC1CCc2nc(C)nn2C1. The van der Waals surface area contributed by atoms with Gasteiger partial charge in [-0.15, -0.1) is 0 Å². The van der Waals surface area contributed by atoms with Gasteiger partial charge in [0.15, 0.2) is 5.96 Å². The monoisotopic (exact) mass is 342 g/mol. The summed E-state index contributed by atoms with van der Waals surface area (Å²) in [6.45, 7) is 3.37. The molecule has 1 aliphatic rings. The highest BCUT2D eigenvalue weighted by Gasteiger charge is 2.21. The number of pyridine rings is 1. The average Bonchev–Trinajstić information content (AvgIpc) is 2.98. The highest BCUT2D eigenvalue weighted by Crippen LogP contribution is 2.13. The molecule has 2 aromatic heterocycles. The van der Waals surface area contributed by atoms with E-state index < -0.39 is 0 Å². The number of guanidine groups is 1. The Labute approximate surface area is 148 Å². The van der Waals surface area contributed by atoms with E-state index in [9.17, 15) is 0 Å². The summed E-state index contributed by atoms with van der Waals surface area (Å²) in [5.74, 6) is 3.64. The molecule has 0 radical (unpaired) electrons. The molecule has 1 atom stereocenters. The van der Waals surface area contributed by atoms with Gasteiger partial charge in [-0.3, -0.25) is 4.99 Å². The Hall–Kier alpha value is -2.64. The number of aryl methyl sites for hydroxylation is 2. The number of aliphatic imine (C=N–C) groups is 1. The molecule has 0 fully saturated rings. The first-order valence-electron chi connectivity index (χ1n) is 8.56. The number of hydrogen-bond acceptors (Lipinski definition) is 5. The van der Waals surface area contributed by atoms with Gasteiger partial charge in [0.2, 0.25) is 0 Å². The molecule has 134 valence electrons. The summed E-state index contributed by atoms with van der Waals surface area (Å²) < 4.78 is 1.99. The molecule has 0 saturated carbocycles. The molecule has 0 spiro atoms. The Bertz CT molecular complexity index is 749. The molecule has 0 saturated heterocycles. The van der Waals surface area contributed by atoms with Gasteiger partial charge in [-0.1, -0.05) is 6.07 Å². The summed E-state index contributed by atoms with van der Waals surface area (Å²) >= 11 is 0. The van der Waals surface area contributed by atoms with Crippen LogP contribution in [-0.2, 0) is 19.5 Å². The Kier molecular flexibility index (Phi) is 5.16. The van der Waals surface area contributed by atoms with Gasteiger partial charge in [0, 0.05) is 33.6 Å². The Morgan fingerprint density at radius 3 is 2.96 bits per heavy atom. The van der Waals surface area contributed by atoms with Crippen molar-refractivity contribution in [1.82, 2.24) is 30.4 Å². The number of fused-ring (bicyclic) bond motifs is 1. The molecular formula is C17H26N8. The van der Waals surface area contributed by atoms with E-state index >= 15 is 0 Å². The number of anilines is 1. The van der Waals surface area contributed by atoms with E-state index in [4.69, 9.17) is 0 Å². The molecule has 8 heteroatoms. The Balaban J connectivity index is 1.56. The summed E-state index contributed by atoms with van der Waals surface area (Å²) in [6.07, 6.45) is 1.95. The predicted molar refractivity (Wildman–Crippen MR) is 98.8 cm³/mol. The number of nitrogens with one attached hydrogen (secondary N) is 2. The number of aromatic nitrogens is 4. The predicted octanol–water partition coefficient (Wildman–Crippen LogP) is 0.728. The highest BCUT2D eigenvalue weighted by atomic mass is 15.4. The third-order valence-corrected chi connectivity index (χ3v) is 4.22. The second-order valence-electron chi connectivity index (χ2n) is 6.44. The normalized spacial score (nSPS) is 17.1. The smallest absolute Gasteiger partial charge is 0.191 e. The van der Waals surface area contributed by atoms with Crippen LogP contribution in [0.4, 0.5) is 5.82 Å². The molecule has 0 aliphatic carbocycles. The first-order valence-corrected chi connectivity index (χ1v) is 8.56.